The summed E-state index contributed by atoms with van der Waals surface area (Å²) in [5.41, 5.74) is -1.07. The number of hydrogen-bond donors (Lipinski definition) is 3. The third-order valence-electron chi connectivity index (χ3n) is 2.23. The number of carboxylic acid groups (broad SMARTS) is 1. The Morgan fingerprint density at radius 2 is 1.89 bits per heavy atom. The number of carbonyl (C=O) groups excluding carboxylic acids is 1. The maximum atomic E-state index is 13.4. The molecule has 1 aromatic carbocycles. The van der Waals surface area contributed by atoms with Gasteiger partial charge in [0.2, 0.25) is 5.91 Å². The Labute approximate surface area is 108 Å². The quantitative estimate of drug-likeness (QED) is 0.760. The predicted molar refractivity (Wildman–Crippen MR) is 65.1 cm³/mol. The van der Waals surface area contributed by atoms with Crippen molar-refractivity contribution in [1.82, 2.24) is 5.32 Å². The number of aromatic carboxylic acids is 1. The summed E-state index contributed by atoms with van der Waals surface area (Å²) in [6, 6.07) is 1.24. The van der Waals surface area contributed by atoms with Crippen LogP contribution in [0, 0.1) is 11.6 Å². The molecule has 0 heterocycles. The zero-order valence-corrected chi connectivity index (χ0v) is 10.5. The van der Waals surface area contributed by atoms with E-state index in [1.165, 1.54) is 0 Å². The van der Waals surface area contributed by atoms with Gasteiger partial charge in [0.05, 0.1) is 17.8 Å². The fourth-order valence-electron chi connectivity index (χ4n) is 1.30. The van der Waals surface area contributed by atoms with Crippen LogP contribution in [-0.4, -0.2) is 29.6 Å². The van der Waals surface area contributed by atoms with Gasteiger partial charge in [-0.1, -0.05) is 13.8 Å². The SMILES string of the molecule is CC(C)NCC(=O)Nc1cc(C(=O)O)c(F)cc1F. The van der Waals surface area contributed by atoms with Crippen LogP contribution in [-0.2, 0) is 4.79 Å². The summed E-state index contributed by atoms with van der Waals surface area (Å²) in [5, 5.41) is 13.7. The molecule has 0 aliphatic carbocycles. The topological polar surface area (TPSA) is 78.4 Å². The van der Waals surface area contributed by atoms with E-state index in [0.717, 1.165) is 6.07 Å². The maximum Gasteiger partial charge on any atom is 0.338 e. The highest BCUT2D eigenvalue weighted by atomic mass is 19.1. The number of hydrogen-bond acceptors (Lipinski definition) is 3. The van der Waals surface area contributed by atoms with E-state index in [-0.39, 0.29) is 18.3 Å². The molecule has 0 atom stereocenters. The summed E-state index contributed by atoms with van der Waals surface area (Å²) in [5.74, 6) is -4.30. The van der Waals surface area contributed by atoms with Crippen molar-refractivity contribution in [1.29, 1.82) is 0 Å². The van der Waals surface area contributed by atoms with Crippen LogP contribution in [0.25, 0.3) is 0 Å². The Hall–Kier alpha value is -2.02. The number of rotatable bonds is 5. The first kappa shape index (κ1) is 15.0. The predicted octanol–water partition coefficient (Wildman–Crippen LogP) is 1.60. The van der Waals surface area contributed by atoms with Gasteiger partial charge < -0.3 is 15.7 Å². The summed E-state index contributed by atoms with van der Waals surface area (Å²) >= 11 is 0. The smallest absolute Gasteiger partial charge is 0.338 e. The second kappa shape index (κ2) is 6.24. The number of benzene rings is 1. The summed E-state index contributed by atoms with van der Waals surface area (Å²) in [6.45, 7) is 3.60. The average Bonchev–Trinajstić information content (AvgIpc) is 2.29. The second-order valence-electron chi connectivity index (χ2n) is 4.20. The molecule has 0 aliphatic heterocycles. The van der Waals surface area contributed by atoms with Crippen LogP contribution in [0.3, 0.4) is 0 Å². The molecule has 3 N–H and O–H groups in total. The van der Waals surface area contributed by atoms with E-state index < -0.39 is 29.1 Å². The Morgan fingerprint density at radius 3 is 2.42 bits per heavy atom. The molecule has 1 rings (SSSR count). The number of anilines is 1. The first-order chi connectivity index (χ1) is 8.81. The van der Waals surface area contributed by atoms with Gasteiger partial charge in [-0.25, -0.2) is 13.6 Å². The lowest BCUT2D eigenvalue weighted by molar-refractivity contribution is -0.115. The number of carbonyl (C=O) groups is 2. The van der Waals surface area contributed by atoms with Crippen molar-refractivity contribution in [2.24, 2.45) is 0 Å². The van der Waals surface area contributed by atoms with Gasteiger partial charge in [0.15, 0.2) is 0 Å². The molecule has 0 radical (unpaired) electrons. The average molecular weight is 272 g/mol. The van der Waals surface area contributed by atoms with Gasteiger partial charge in [0.25, 0.3) is 0 Å². The highest BCUT2D eigenvalue weighted by Gasteiger charge is 2.16. The van der Waals surface area contributed by atoms with Gasteiger partial charge in [-0.15, -0.1) is 0 Å². The lowest BCUT2D eigenvalue weighted by atomic mass is 10.2. The summed E-state index contributed by atoms with van der Waals surface area (Å²) in [4.78, 5) is 22.2. The molecular formula is C12H14F2N2O3. The van der Waals surface area contributed by atoms with Gasteiger partial charge >= 0.3 is 5.97 Å². The van der Waals surface area contributed by atoms with Crippen LogP contribution >= 0.6 is 0 Å². The fourth-order valence-corrected chi connectivity index (χ4v) is 1.30. The molecule has 0 aliphatic rings. The largest absolute Gasteiger partial charge is 0.478 e. The Bertz CT molecular complexity index is 504. The van der Waals surface area contributed by atoms with Crippen LogP contribution in [0.1, 0.15) is 24.2 Å². The zero-order chi connectivity index (χ0) is 14.6. The molecule has 1 amide bonds. The summed E-state index contributed by atoms with van der Waals surface area (Å²) in [7, 11) is 0. The molecule has 7 heteroatoms. The standard InChI is InChI=1S/C12H14F2N2O3/c1-6(2)15-5-11(17)16-10-3-7(12(18)19)8(13)4-9(10)14/h3-4,6,15H,5H2,1-2H3,(H,16,17)(H,18,19). The number of carboxylic acids is 1. The minimum atomic E-state index is -1.53. The Balaban J connectivity index is 2.86. The molecule has 5 nitrogen and oxygen atoms in total. The molecule has 0 aromatic heterocycles. The third kappa shape index (κ3) is 4.29. The van der Waals surface area contributed by atoms with E-state index in [4.69, 9.17) is 5.11 Å². The molecule has 19 heavy (non-hydrogen) atoms. The number of nitrogens with one attached hydrogen (secondary N) is 2. The third-order valence-corrected chi connectivity index (χ3v) is 2.23. The highest BCUT2D eigenvalue weighted by Crippen LogP contribution is 2.19. The molecule has 0 saturated carbocycles. The van der Waals surface area contributed by atoms with Crippen molar-refractivity contribution in [3.63, 3.8) is 0 Å². The van der Waals surface area contributed by atoms with Gasteiger partial charge in [-0.05, 0) is 6.07 Å². The monoisotopic (exact) mass is 272 g/mol. The van der Waals surface area contributed by atoms with Gasteiger partial charge in [0.1, 0.15) is 11.6 Å². The molecule has 1 aromatic rings. The molecular weight excluding hydrogens is 258 g/mol. The second-order valence-corrected chi connectivity index (χ2v) is 4.20. The van der Waals surface area contributed by atoms with Crippen LogP contribution < -0.4 is 10.6 Å². The van der Waals surface area contributed by atoms with Gasteiger partial charge in [0, 0.05) is 12.1 Å². The van der Waals surface area contributed by atoms with Crippen molar-refractivity contribution >= 4 is 17.6 Å². The molecule has 0 bridgehead atoms. The molecule has 104 valence electrons. The van der Waals surface area contributed by atoms with E-state index in [9.17, 15) is 18.4 Å². The summed E-state index contributed by atoms with van der Waals surface area (Å²) < 4.78 is 26.5. The van der Waals surface area contributed by atoms with Crippen molar-refractivity contribution in [2.45, 2.75) is 19.9 Å². The minimum Gasteiger partial charge on any atom is -0.478 e. The van der Waals surface area contributed by atoms with Crippen LogP contribution in [0.15, 0.2) is 12.1 Å². The minimum absolute atomic E-state index is 0.0586. The molecule has 0 spiro atoms. The van der Waals surface area contributed by atoms with Crippen molar-refractivity contribution < 1.29 is 23.5 Å². The van der Waals surface area contributed by atoms with Crippen LogP contribution in [0.4, 0.5) is 14.5 Å². The number of halogens is 2. The lowest BCUT2D eigenvalue weighted by Gasteiger charge is -2.10. The van der Waals surface area contributed by atoms with Crippen molar-refractivity contribution in [3.8, 4) is 0 Å². The molecule has 0 fully saturated rings. The normalized spacial score (nSPS) is 10.6. The first-order valence-electron chi connectivity index (χ1n) is 5.57. The molecule has 0 saturated heterocycles. The lowest BCUT2D eigenvalue weighted by Crippen LogP contribution is -2.32. The van der Waals surface area contributed by atoms with Crippen molar-refractivity contribution in [3.05, 3.63) is 29.3 Å². The zero-order valence-electron chi connectivity index (χ0n) is 10.5. The van der Waals surface area contributed by atoms with Crippen LogP contribution in [0.2, 0.25) is 0 Å². The van der Waals surface area contributed by atoms with E-state index in [2.05, 4.69) is 10.6 Å². The maximum absolute atomic E-state index is 13.4. The Morgan fingerprint density at radius 1 is 1.26 bits per heavy atom. The van der Waals surface area contributed by atoms with E-state index in [0.29, 0.717) is 6.07 Å². The van der Waals surface area contributed by atoms with Gasteiger partial charge in [-0.3, -0.25) is 4.79 Å². The van der Waals surface area contributed by atoms with E-state index in [1.807, 2.05) is 13.8 Å². The Kier molecular flexibility index (Phi) is 4.94. The van der Waals surface area contributed by atoms with E-state index in [1.54, 1.807) is 0 Å². The first-order valence-corrected chi connectivity index (χ1v) is 5.57. The highest BCUT2D eigenvalue weighted by molar-refractivity contribution is 5.95. The van der Waals surface area contributed by atoms with Crippen LogP contribution in [0.5, 0.6) is 0 Å². The van der Waals surface area contributed by atoms with Crippen molar-refractivity contribution in [2.75, 3.05) is 11.9 Å². The van der Waals surface area contributed by atoms with Gasteiger partial charge in [-0.2, -0.15) is 0 Å². The number of amides is 1. The van der Waals surface area contributed by atoms with E-state index >= 15 is 0 Å². The fraction of sp³-hybridized carbons (Fsp3) is 0.333. The molecule has 0 unspecified atom stereocenters. The summed E-state index contributed by atoms with van der Waals surface area (Å²) in [6.07, 6.45) is 0.